The Morgan fingerprint density at radius 1 is 1.41 bits per heavy atom. The molecule has 2 aliphatic rings. The molecule has 0 amide bonds. The number of carbonyl (C=O) groups excluding carboxylic acids is 1. The lowest BCUT2D eigenvalue weighted by Gasteiger charge is -2.34. The van der Waals surface area contributed by atoms with Gasteiger partial charge in [0.05, 0.1) is 18.2 Å². The van der Waals surface area contributed by atoms with Crippen LogP contribution in [0.25, 0.3) is 0 Å². The van der Waals surface area contributed by atoms with Gasteiger partial charge in [-0.1, -0.05) is 6.92 Å². The highest BCUT2D eigenvalue weighted by Crippen LogP contribution is 2.52. The van der Waals surface area contributed by atoms with Gasteiger partial charge in [-0.3, -0.25) is 14.4 Å². The third-order valence-electron chi connectivity index (χ3n) is 5.57. The van der Waals surface area contributed by atoms with E-state index in [2.05, 4.69) is 30.0 Å². The summed E-state index contributed by atoms with van der Waals surface area (Å²) in [6.07, 6.45) is 8.22. The molecule has 1 aromatic rings. The van der Waals surface area contributed by atoms with Crippen molar-refractivity contribution in [3.05, 3.63) is 18.0 Å². The molecule has 2 saturated heterocycles. The number of fused-ring (bicyclic) bond motifs is 2. The molecule has 5 heteroatoms. The van der Waals surface area contributed by atoms with Crippen LogP contribution in [0.1, 0.15) is 52.0 Å². The fourth-order valence-corrected chi connectivity index (χ4v) is 4.44. The zero-order valence-corrected chi connectivity index (χ0v) is 13.9. The highest BCUT2D eigenvalue weighted by Gasteiger charge is 2.59. The van der Waals surface area contributed by atoms with Gasteiger partial charge < -0.3 is 4.74 Å². The van der Waals surface area contributed by atoms with Crippen LogP contribution >= 0.6 is 0 Å². The van der Waals surface area contributed by atoms with Gasteiger partial charge in [0.1, 0.15) is 0 Å². The first kappa shape index (κ1) is 15.5. The van der Waals surface area contributed by atoms with Crippen LogP contribution < -0.4 is 0 Å². The lowest BCUT2D eigenvalue weighted by Crippen LogP contribution is -2.43. The van der Waals surface area contributed by atoms with E-state index in [0.29, 0.717) is 18.7 Å². The Bertz CT molecular complexity index is 542. The van der Waals surface area contributed by atoms with Crippen molar-refractivity contribution in [1.82, 2.24) is 14.7 Å². The van der Waals surface area contributed by atoms with Crippen molar-refractivity contribution < 1.29 is 9.53 Å². The summed E-state index contributed by atoms with van der Waals surface area (Å²) in [6.45, 7) is 8.39. The molecule has 3 atom stereocenters. The first-order chi connectivity index (χ1) is 10.6. The zero-order valence-electron chi connectivity index (χ0n) is 13.9. The lowest BCUT2D eigenvalue weighted by atomic mass is 9.72. The van der Waals surface area contributed by atoms with Crippen LogP contribution in [0.15, 0.2) is 12.4 Å². The summed E-state index contributed by atoms with van der Waals surface area (Å²) in [7, 11) is 0. The average molecular weight is 305 g/mol. The summed E-state index contributed by atoms with van der Waals surface area (Å²) in [5.41, 5.74) is 0.953. The monoisotopic (exact) mass is 305 g/mol. The van der Waals surface area contributed by atoms with E-state index in [1.165, 1.54) is 12.0 Å². The highest BCUT2D eigenvalue weighted by atomic mass is 16.5. The minimum absolute atomic E-state index is 0.0129. The molecule has 2 fully saturated rings. The number of rotatable bonds is 6. The van der Waals surface area contributed by atoms with Crippen LogP contribution in [0.2, 0.25) is 0 Å². The average Bonchev–Trinajstić information content (AvgIpc) is 3.22. The smallest absolute Gasteiger partial charge is 0.313 e. The molecule has 5 nitrogen and oxygen atoms in total. The maximum absolute atomic E-state index is 12.6. The van der Waals surface area contributed by atoms with Crippen molar-refractivity contribution >= 4 is 5.97 Å². The number of hydrogen-bond donors (Lipinski definition) is 0. The van der Waals surface area contributed by atoms with E-state index in [1.54, 1.807) is 0 Å². The first-order valence-electron chi connectivity index (χ1n) is 8.58. The normalized spacial score (nSPS) is 30.9. The molecular weight excluding hydrogens is 278 g/mol. The van der Waals surface area contributed by atoms with Crippen molar-refractivity contribution in [2.75, 3.05) is 6.61 Å². The predicted molar refractivity (Wildman–Crippen MR) is 84.2 cm³/mol. The van der Waals surface area contributed by atoms with Crippen LogP contribution in [0, 0.1) is 5.41 Å². The Balaban J connectivity index is 1.78. The fraction of sp³-hybridized carbons (Fsp3) is 0.765. The Kier molecular flexibility index (Phi) is 4.26. The molecule has 0 N–H and O–H groups in total. The van der Waals surface area contributed by atoms with E-state index >= 15 is 0 Å². The maximum Gasteiger partial charge on any atom is 0.313 e. The number of hydrogen-bond acceptors (Lipinski definition) is 4. The number of nitrogens with zero attached hydrogens (tertiary/aromatic N) is 3. The number of aromatic nitrogens is 2. The fourth-order valence-electron chi connectivity index (χ4n) is 4.44. The molecule has 0 saturated carbocycles. The van der Waals surface area contributed by atoms with Gasteiger partial charge in [-0.15, -0.1) is 0 Å². The Labute approximate surface area is 132 Å². The summed E-state index contributed by atoms with van der Waals surface area (Å²) < 4.78 is 7.37. The highest BCUT2D eigenvalue weighted by molar-refractivity contribution is 5.78. The van der Waals surface area contributed by atoms with Crippen molar-refractivity contribution in [3.8, 4) is 0 Å². The van der Waals surface area contributed by atoms with E-state index in [4.69, 9.17) is 4.74 Å². The van der Waals surface area contributed by atoms with Crippen LogP contribution in [-0.4, -0.2) is 39.3 Å². The van der Waals surface area contributed by atoms with Crippen LogP contribution in [-0.2, 0) is 22.6 Å². The molecule has 122 valence electrons. The van der Waals surface area contributed by atoms with Crippen molar-refractivity contribution in [1.29, 1.82) is 0 Å². The van der Waals surface area contributed by atoms with Gasteiger partial charge in [-0.2, -0.15) is 5.10 Å². The zero-order chi connectivity index (χ0) is 15.7. The second-order valence-electron chi connectivity index (χ2n) is 6.56. The van der Waals surface area contributed by atoms with E-state index in [9.17, 15) is 4.79 Å². The number of carbonyl (C=O) groups is 1. The van der Waals surface area contributed by atoms with Gasteiger partial charge >= 0.3 is 5.97 Å². The number of esters is 1. The Hall–Kier alpha value is -1.36. The minimum Gasteiger partial charge on any atom is -0.466 e. The molecule has 22 heavy (non-hydrogen) atoms. The van der Waals surface area contributed by atoms with Gasteiger partial charge in [0.15, 0.2) is 0 Å². The summed E-state index contributed by atoms with van der Waals surface area (Å²) >= 11 is 0. The van der Waals surface area contributed by atoms with Crippen molar-refractivity contribution in [3.63, 3.8) is 0 Å². The molecule has 0 aliphatic carbocycles. The topological polar surface area (TPSA) is 47.4 Å². The minimum atomic E-state index is -0.292. The Morgan fingerprint density at radius 3 is 2.86 bits per heavy atom. The van der Waals surface area contributed by atoms with Crippen LogP contribution in [0.5, 0.6) is 0 Å². The summed E-state index contributed by atoms with van der Waals surface area (Å²) in [5, 5.41) is 4.37. The third-order valence-corrected chi connectivity index (χ3v) is 5.57. The molecule has 2 aliphatic heterocycles. The molecule has 1 aromatic heterocycles. The predicted octanol–water partition coefficient (Wildman–Crippen LogP) is 2.60. The van der Waals surface area contributed by atoms with Crippen molar-refractivity contribution in [2.24, 2.45) is 5.41 Å². The summed E-state index contributed by atoms with van der Waals surface area (Å²) in [4.78, 5) is 15.1. The number of aryl methyl sites for hydroxylation is 1. The second-order valence-corrected chi connectivity index (χ2v) is 6.56. The molecular formula is C17H27N3O2. The van der Waals surface area contributed by atoms with E-state index in [-0.39, 0.29) is 11.4 Å². The largest absolute Gasteiger partial charge is 0.466 e. The molecule has 0 radical (unpaired) electrons. The second kappa shape index (κ2) is 6.03. The maximum atomic E-state index is 12.6. The van der Waals surface area contributed by atoms with Gasteiger partial charge in [0.2, 0.25) is 0 Å². The first-order valence-corrected chi connectivity index (χ1v) is 8.58. The van der Waals surface area contributed by atoms with Crippen molar-refractivity contribution in [2.45, 2.75) is 71.6 Å². The van der Waals surface area contributed by atoms with Gasteiger partial charge in [-0.25, -0.2) is 0 Å². The lowest BCUT2D eigenvalue weighted by molar-refractivity contribution is -0.157. The molecule has 0 aromatic carbocycles. The van der Waals surface area contributed by atoms with E-state index in [1.807, 2.05) is 17.8 Å². The SMILES string of the molecule is CCOC(=O)[C@]1(CC)C[C@@H]2CC[C@H]1N2Cc1cnn(CC)c1. The van der Waals surface area contributed by atoms with Gasteiger partial charge in [-0.05, 0) is 39.5 Å². The van der Waals surface area contributed by atoms with Crippen LogP contribution in [0.3, 0.4) is 0 Å². The quantitative estimate of drug-likeness (QED) is 0.758. The molecule has 0 unspecified atom stereocenters. The molecule has 0 spiro atoms. The van der Waals surface area contributed by atoms with Gasteiger partial charge in [0.25, 0.3) is 0 Å². The molecule has 3 heterocycles. The van der Waals surface area contributed by atoms with Crippen LogP contribution in [0.4, 0.5) is 0 Å². The van der Waals surface area contributed by atoms with E-state index in [0.717, 1.165) is 32.4 Å². The number of ether oxygens (including phenoxy) is 1. The van der Waals surface area contributed by atoms with E-state index < -0.39 is 0 Å². The molecule has 2 bridgehead atoms. The Morgan fingerprint density at radius 2 is 2.23 bits per heavy atom. The molecule has 3 rings (SSSR count). The van der Waals surface area contributed by atoms with Gasteiger partial charge in [0, 0.05) is 36.9 Å². The summed E-state index contributed by atoms with van der Waals surface area (Å²) in [5.74, 6) is 0.0129. The standard InChI is InChI=1S/C17H27N3O2/c1-4-17(16(21)22-6-3)9-14-7-8-15(17)20(14)12-13-10-18-19(5-2)11-13/h10-11,14-15H,4-9,12H2,1-3H3/t14-,15+,17+/m0/s1. The third kappa shape index (κ3) is 2.35. The summed E-state index contributed by atoms with van der Waals surface area (Å²) in [6, 6.07) is 0.839.